The van der Waals surface area contributed by atoms with Gasteiger partial charge in [0.05, 0.1) is 10.7 Å². The molecular weight excluding hydrogens is 313 g/mol. The van der Waals surface area contributed by atoms with E-state index in [0.717, 1.165) is 4.68 Å². The molecule has 116 valence electrons. The first-order valence-electron chi connectivity index (χ1n) is 5.90. The number of halogens is 4. The smallest absolute Gasteiger partial charge is 0.362 e. The summed E-state index contributed by atoms with van der Waals surface area (Å²) in [7, 11) is 0. The van der Waals surface area contributed by atoms with E-state index in [2.05, 4.69) is 10.2 Å². The maximum Gasteiger partial charge on any atom is 0.438 e. The van der Waals surface area contributed by atoms with Crippen molar-refractivity contribution in [3.63, 3.8) is 0 Å². The van der Waals surface area contributed by atoms with Crippen molar-refractivity contribution >= 4 is 23.2 Å². The third kappa shape index (κ3) is 2.75. The number of nitrogens with zero attached hydrogens (tertiary/aromatic N) is 4. The van der Waals surface area contributed by atoms with E-state index >= 15 is 0 Å². The van der Waals surface area contributed by atoms with Gasteiger partial charge in [-0.3, -0.25) is 9.48 Å². The van der Waals surface area contributed by atoms with E-state index in [0.29, 0.717) is 5.69 Å². The number of hydrogen-bond donors (Lipinski definition) is 1. The number of carbonyl (C=O) groups excluding carboxylic acids is 1. The fourth-order valence-electron chi connectivity index (χ4n) is 1.98. The lowest BCUT2D eigenvalue weighted by Crippen LogP contribution is -2.57. The molecule has 0 bridgehead atoms. The van der Waals surface area contributed by atoms with Crippen LogP contribution in [0.2, 0.25) is 5.02 Å². The van der Waals surface area contributed by atoms with Crippen LogP contribution in [0.15, 0.2) is 11.3 Å². The third-order valence-electron chi connectivity index (χ3n) is 3.00. The molecule has 0 radical (unpaired) electrons. The average Bonchev–Trinajstić information content (AvgIpc) is 2.79. The zero-order valence-electron chi connectivity index (χ0n) is 11.1. The first-order chi connectivity index (χ1) is 9.54. The van der Waals surface area contributed by atoms with Crippen molar-refractivity contribution in [3.05, 3.63) is 16.9 Å². The van der Waals surface area contributed by atoms with Gasteiger partial charge in [-0.1, -0.05) is 11.6 Å². The molecule has 10 heteroatoms. The number of aryl methyl sites for hydroxylation is 1. The van der Waals surface area contributed by atoms with Crippen molar-refractivity contribution in [3.8, 4) is 0 Å². The van der Waals surface area contributed by atoms with E-state index in [1.165, 1.54) is 13.1 Å². The van der Waals surface area contributed by atoms with Gasteiger partial charge in [0.15, 0.2) is 0 Å². The minimum Gasteiger partial charge on any atom is -0.362 e. The molecule has 1 aromatic rings. The first-order valence-corrected chi connectivity index (χ1v) is 6.28. The van der Waals surface area contributed by atoms with Crippen LogP contribution in [0, 0.1) is 6.92 Å². The second kappa shape index (κ2) is 4.99. The Bertz CT molecular complexity index is 594. The Morgan fingerprint density at radius 2 is 2.14 bits per heavy atom. The summed E-state index contributed by atoms with van der Waals surface area (Å²) in [6.45, 7) is 2.38. The fourth-order valence-corrected chi connectivity index (χ4v) is 2.13. The molecule has 1 aromatic heterocycles. The van der Waals surface area contributed by atoms with Crippen molar-refractivity contribution in [2.24, 2.45) is 5.10 Å². The standard InChI is InChI=1S/C11H12ClF3N4O2/c1-6-3-10(21,11(13,14)15)19(16-6)9(20)5-18-4-8(12)7(2)17-18/h4,21H,3,5H2,1-2H3/t10-/m1/s1. The Labute approximate surface area is 122 Å². The quantitative estimate of drug-likeness (QED) is 0.900. The molecule has 2 heterocycles. The zero-order valence-corrected chi connectivity index (χ0v) is 11.9. The molecule has 0 spiro atoms. The second-order valence-electron chi connectivity index (χ2n) is 4.79. The maximum atomic E-state index is 13.0. The molecule has 6 nitrogen and oxygen atoms in total. The molecule has 1 aliphatic rings. The van der Waals surface area contributed by atoms with Crippen molar-refractivity contribution in [1.29, 1.82) is 0 Å². The number of aromatic nitrogens is 2. The molecule has 0 fully saturated rings. The van der Waals surface area contributed by atoms with Crippen LogP contribution in [0.3, 0.4) is 0 Å². The number of amides is 1. The molecule has 0 saturated carbocycles. The Hall–Kier alpha value is -1.61. The normalized spacial score (nSPS) is 22.6. The average molecular weight is 325 g/mol. The maximum absolute atomic E-state index is 13.0. The van der Waals surface area contributed by atoms with Crippen molar-refractivity contribution in [1.82, 2.24) is 14.8 Å². The van der Waals surface area contributed by atoms with Gasteiger partial charge in [0.25, 0.3) is 11.6 Å². The first kappa shape index (κ1) is 15.8. The summed E-state index contributed by atoms with van der Waals surface area (Å²) in [6.07, 6.45) is -4.48. The molecule has 0 saturated heterocycles. The summed E-state index contributed by atoms with van der Waals surface area (Å²) in [5, 5.41) is 17.5. The van der Waals surface area contributed by atoms with Crippen LogP contribution < -0.4 is 0 Å². The van der Waals surface area contributed by atoms with Gasteiger partial charge < -0.3 is 5.11 Å². The van der Waals surface area contributed by atoms with Gasteiger partial charge in [0, 0.05) is 18.3 Å². The van der Waals surface area contributed by atoms with Crippen LogP contribution in [0.1, 0.15) is 19.0 Å². The molecule has 1 N–H and O–H groups in total. The summed E-state index contributed by atoms with van der Waals surface area (Å²) >= 11 is 5.76. The fraction of sp³-hybridized carbons (Fsp3) is 0.545. The van der Waals surface area contributed by atoms with E-state index in [9.17, 15) is 23.1 Å². The predicted octanol–water partition coefficient (Wildman–Crippen LogP) is 1.70. The van der Waals surface area contributed by atoms with E-state index < -0.39 is 30.8 Å². The zero-order chi connectivity index (χ0) is 16.0. The Morgan fingerprint density at radius 3 is 2.62 bits per heavy atom. The monoisotopic (exact) mass is 324 g/mol. The second-order valence-corrected chi connectivity index (χ2v) is 5.20. The van der Waals surface area contributed by atoms with Crippen molar-refractivity contribution in [2.75, 3.05) is 0 Å². The van der Waals surface area contributed by atoms with Crippen LogP contribution >= 0.6 is 11.6 Å². The van der Waals surface area contributed by atoms with Gasteiger partial charge in [-0.2, -0.15) is 28.4 Å². The highest BCUT2D eigenvalue weighted by Gasteiger charge is 2.62. The van der Waals surface area contributed by atoms with Gasteiger partial charge in [0.2, 0.25) is 0 Å². The lowest BCUT2D eigenvalue weighted by molar-refractivity contribution is -0.302. The summed E-state index contributed by atoms with van der Waals surface area (Å²) < 4.78 is 40.0. The van der Waals surface area contributed by atoms with Gasteiger partial charge in [-0.25, -0.2) is 0 Å². The van der Waals surface area contributed by atoms with E-state index in [1.807, 2.05) is 0 Å². The van der Waals surface area contributed by atoms with Crippen LogP contribution in [0.5, 0.6) is 0 Å². The number of aliphatic hydroxyl groups is 1. The Balaban J connectivity index is 2.24. The van der Waals surface area contributed by atoms with Crippen LogP contribution in [0.25, 0.3) is 0 Å². The van der Waals surface area contributed by atoms with E-state index in [4.69, 9.17) is 11.6 Å². The minimum atomic E-state index is -5.01. The largest absolute Gasteiger partial charge is 0.438 e. The molecule has 21 heavy (non-hydrogen) atoms. The number of rotatable bonds is 2. The summed E-state index contributed by atoms with van der Waals surface area (Å²) in [4.78, 5) is 12.0. The van der Waals surface area contributed by atoms with Gasteiger partial charge >= 0.3 is 6.18 Å². The summed E-state index contributed by atoms with van der Waals surface area (Å²) in [5.74, 6) is -1.04. The highest BCUT2D eigenvalue weighted by Crippen LogP contribution is 2.40. The molecular formula is C11H12ClF3N4O2. The predicted molar refractivity (Wildman–Crippen MR) is 67.6 cm³/mol. The summed E-state index contributed by atoms with van der Waals surface area (Å²) in [6, 6.07) is 0. The van der Waals surface area contributed by atoms with Crippen LogP contribution in [0.4, 0.5) is 13.2 Å². The summed E-state index contributed by atoms with van der Waals surface area (Å²) in [5.41, 5.74) is -2.87. The topological polar surface area (TPSA) is 70.7 Å². The van der Waals surface area contributed by atoms with Crippen molar-refractivity contribution < 1.29 is 23.1 Å². The van der Waals surface area contributed by atoms with E-state index in [-0.39, 0.29) is 15.7 Å². The molecule has 0 aromatic carbocycles. The lowest BCUT2D eigenvalue weighted by Gasteiger charge is -2.32. The number of hydrogen-bond acceptors (Lipinski definition) is 4. The van der Waals surface area contributed by atoms with Gasteiger partial charge in [-0.15, -0.1) is 0 Å². The van der Waals surface area contributed by atoms with Gasteiger partial charge in [0.1, 0.15) is 6.54 Å². The minimum absolute atomic E-state index is 0.0119. The highest BCUT2D eigenvalue weighted by molar-refractivity contribution is 6.31. The third-order valence-corrected chi connectivity index (χ3v) is 3.37. The molecule has 2 rings (SSSR count). The van der Waals surface area contributed by atoms with Crippen LogP contribution in [-0.2, 0) is 11.3 Å². The molecule has 1 amide bonds. The lowest BCUT2D eigenvalue weighted by atomic mass is 10.1. The molecule has 0 unspecified atom stereocenters. The Morgan fingerprint density at radius 1 is 1.52 bits per heavy atom. The van der Waals surface area contributed by atoms with E-state index in [1.54, 1.807) is 6.92 Å². The number of hydrazone groups is 1. The molecule has 1 aliphatic heterocycles. The molecule has 1 atom stereocenters. The Kier molecular flexibility index (Phi) is 3.75. The number of alkyl halides is 3. The highest BCUT2D eigenvalue weighted by atomic mass is 35.5. The van der Waals surface area contributed by atoms with Crippen LogP contribution in [-0.4, -0.2) is 43.4 Å². The SMILES string of the molecule is CC1=NN(C(=O)Cn2cc(Cl)c(C)n2)[C@](O)(C(F)(F)F)C1. The molecule has 0 aliphatic carbocycles. The van der Waals surface area contributed by atoms with Gasteiger partial charge in [-0.05, 0) is 13.8 Å². The number of carbonyl (C=O) groups is 1. The van der Waals surface area contributed by atoms with Crippen molar-refractivity contribution in [2.45, 2.75) is 38.7 Å².